The van der Waals surface area contributed by atoms with Crippen molar-refractivity contribution in [2.24, 2.45) is 0 Å². The zero-order valence-electron chi connectivity index (χ0n) is 44.5. The fraction of sp³-hybridized carbons (Fsp3) is 0.869. The van der Waals surface area contributed by atoms with Crippen molar-refractivity contribution >= 4 is 11.9 Å². The molecule has 0 saturated heterocycles. The molecule has 0 aliphatic rings. The molecule has 0 saturated carbocycles. The molecule has 0 aromatic rings. The fourth-order valence-corrected chi connectivity index (χ4v) is 8.94. The predicted octanol–water partition coefficient (Wildman–Crippen LogP) is 19.9. The fourth-order valence-electron chi connectivity index (χ4n) is 8.94. The van der Waals surface area contributed by atoms with Crippen LogP contribution in [0.3, 0.4) is 0 Å². The van der Waals surface area contributed by atoms with Crippen LogP contribution in [0.15, 0.2) is 36.5 Å². The summed E-state index contributed by atoms with van der Waals surface area (Å²) in [6.45, 7) is 4.17. The lowest BCUT2D eigenvalue weighted by Gasteiger charge is -2.15. The van der Waals surface area contributed by atoms with Gasteiger partial charge < -0.3 is 14.6 Å². The maximum atomic E-state index is 12.3. The predicted molar refractivity (Wildman–Crippen MR) is 288 cm³/mol. The van der Waals surface area contributed by atoms with Gasteiger partial charge in [-0.1, -0.05) is 275 Å². The van der Waals surface area contributed by atoms with Gasteiger partial charge in [0.15, 0.2) is 6.10 Å². The summed E-state index contributed by atoms with van der Waals surface area (Å²) in [6, 6.07) is 0. The van der Waals surface area contributed by atoms with Gasteiger partial charge in [-0.2, -0.15) is 0 Å². The molecule has 0 bridgehead atoms. The number of ether oxygens (including phenoxy) is 2. The van der Waals surface area contributed by atoms with Gasteiger partial charge in [0.1, 0.15) is 6.61 Å². The summed E-state index contributed by atoms with van der Waals surface area (Å²) >= 11 is 0. The van der Waals surface area contributed by atoms with E-state index < -0.39 is 6.10 Å². The molecule has 0 aliphatic carbocycles. The number of aliphatic hydroxyl groups is 1. The van der Waals surface area contributed by atoms with E-state index in [1.54, 1.807) is 0 Å². The minimum Gasteiger partial charge on any atom is -0.462 e. The number of allylic oxidation sites excluding steroid dienone is 6. The highest BCUT2D eigenvalue weighted by Gasteiger charge is 2.16. The quantitative estimate of drug-likeness (QED) is 0.0374. The lowest BCUT2D eigenvalue weighted by atomic mass is 10.0. The molecule has 0 aromatic heterocycles. The maximum Gasteiger partial charge on any atom is 0.306 e. The van der Waals surface area contributed by atoms with Gasteiger partial charge in [-0.25, -0.2) is 0 Å². The van der Waals surface area contributed by atoms with Gasteiger partial charge in [-0.3, -0.25) is 9.59 Å². The molecule has 66 heavy (non-hydrogen) atoms. The lowest BCUT2D eigenvalue weighted by molar-refractivity contribution is -0.161. The van der Waals surface area contributed by atoms with Gasteiger partial charge in [0.05, 0.1) is 6.61 Å². The summed E-state index contributed by atoms with van der Waals surface area (Å²) < 4.78 is 10.7. The number of unbranched alkanes of at least 4 members (excludes halogenated alkanes) is 41. The summed E-state index contributed by atoms with van der Waals surface area (Å²) in [4.78, 5) is 24.5. The first-order chi connectivity index (χ1) is 32.6. The first-order valence-electron chi connectivity index (χ1n) is 29.5. The third-order valence-corrected chi connectivity index (χ3v) is 13.4. The van der Waals surface area contributed by atoms with E-state index in [0.29, 0.717) is 12.8 Å². The molecule has 0 spiro atoms. The van der Waals surface area contributed by atoms with E-state index in [-0.39, 0.29) is 25.2 Å². The van der Waals surface area contributed by atoms with E-state index in [0.717, 1.165) is 44.9 Å². The van der Waals surface area contributed by atoms with Crippen molar-refractivity contribution in [2.75, 3.05) is 13.2 Å². The maximum absolute atomic E-state index is 12.3. The lowest BCUT2D eigenvalue weighted by Crippen LogP contribution is -2.28. The Morgan fingerprint density at radius 3 is 0.909 bits per heavy atom. The Morgan fingerprint density at radius 1 is 0.348 bits per heavy atom. The van der Waals surface area contributed by atoms with Crippen LogP contribution in [0.4, 0.5) is 0 Å². The molecule has 388 valence electrons. The second-order valence-corrected chi connectivity index (χ2v) is 20.1. The van der Waals surface area contributed by atoms with E-state index in [1.165, 1.54) is 250 Å². The van der Waals surface area contributed by atoms with Crippen LogP contribution < -0.4 is 0 Å². The van der Waals surface area contributed by atoms with Gasteiger partial charge in [-0.15, -0.1) is 0 Å². The van der Waals surface area contributed by atoms with Crippen LogP contribution in [0.25, 0.3) is 0 Å². The summed E-state index contributed by atoms with van der Waals surface area (Å²) in [7, 11) is 0. The molecule has 0 fully saturated rings. The number of aliphatic hydroxyl groups excluding tert-OH is 1. The smallest absolute Gasteiger partial charge is 0.306 e. The highest BCUT2D eigenvalue weighted by atomic mass is 16.6. The summed E-state index contributed by atoms with van der Waals surface area (Å²) in [5.41, 5.74) is 0. The highest BCUT2D eigenvalue weighted by molar-refractivity contribution is 5.70. The third kappa shape index (κ3) is 54.7. The Balaban J connectivity index is 3.41. The van der Waals surface area contributed by atoms with Crippen LogP contribution in [0.2, 0.25) is 0 Å². The molecule has 0 heterocycles. The second kappa shape index (κ2) is 57.4. The van der Waals surface area contributed by atoms with Crippen LogP contribution in [0.1, 0.15) is 322 Å². The molecule has 0 radical (unpaired) electrons. The second-order valence-electron chi connectivity index (χ2n) is 20.1. The largest absolute Gasteiger partial charge is 0.462 e. The van der Waals surface area contributed by atoms with E-state index in [4.69, 9.17) is 9.47 Å². The highest BCUT2D eigenvalue weighted by Crippen LogP contribution is 2.17. The van der Waals surface area contributed by atoms with E-state index in [9.17, 15) is 14.7 Å². The number of carbonyl (C=O) groups is 2. The number of carbonyl (C=O) groups excluding carboxylic acids is 2. The van der Waals surface area contributed by atoms with E-state index in [1.807, 2.05) is 0 Å². The third-order valence-electron chi connectivity index (χ3n) is 13.4. The van der Waals surface area contributed by atoms with Crippen molar-refractivity contribution in [3.63, 3.8) is 0 Å². The van der Waals surface area contributed by atoms with Gasteiger partial charge in [0, 0.05) is 12.8 Å². The zero-order chi connectivity index (χ0) is 47.7. The Kier molecular flexibility index (Phi) is 55.8. The summed E-state index contributed by atoms with van der Waals surface area (Å²) in [5, 5.41) is 9.65. The SMILES string of the molecule is CCCCCCC/C=C\C/C=C\CCCCCCCCCCCCCCCCCCCCCCCC(=O)OC(CO)COC(=O)CCCCCCCCCCC/C=C\CCCCCCCC. The average Bonchev–Trinajstić information content (AvgIpc) is 3.32. The first-order valence-corrected chi connectivity index (χ1v) is 29.5. The van der Waals surface area contributed by atoms with Crippen molar-refractivity contribution in [1.29, 1.82) is 0 Å². The molecule has 0 aliphatic heterocycles. The Hall–Kier alpha value is -1.88. The molecule has 1 unspecified atom stereocenters. The van der Waals surface area contributed by atoms with Gasteiger partial charge in [0.25, 0.3) is 0 Å². The Morgan fingerprint density at radius 2 is 0.606 bits per heavy atom. The molecule has 5 heteroatoms. The van der Waals surface area contributed by atoms with Crippen molar-refractivity contribution in [1.82, 2.24) is 0 Å². The van der Waals surface area contributed by atoms with Crippen molar-refractivity contribution < 1.29 is 24.2 Å². The number of rotatable bonds is 55. The minimum atomic E-state index is -0.770. The number of hydrogen-bond acceptors (Lipinski definition) is 5. The van der Waals surface area contributed by atoms with Crippen LogP contribution in [-0.4, -0.2) is 36.4 Å². The van der Waals surface area contributed by atoms with Crippen molar-refractivity contribution in [2.45, 2.75) is 328 Å². The zero-order valence-corrected chi connectivity index (χ0v) is 44.5. The molecular formula is C61H114O5. The molecule has 0 rings (SSSR count). The molecule has 1 atom stereocenters. The van der Waals surface area contributed by atoms with Crippen LogP contribution >= 0.6 is 0 Å². The van der Waals surface area contributed by atoms with E-state index in [2.05, 4.69) is 50.3 Å². The van der Waals surface area contributed by atoms with Crippen LogP contribution in [0, 0.1) is 0 Å². The number of esters is 2. The summed E-state index contributed by atoms with van der Waals surface area (Å²) in [6.07, 6.45) is 74.2. The van der Waals surface area contributed by atoms with Gasteiger partial charge >= 0.3 is 11.9 Å². The van der Waals surface area contributed by atoms with Gasteiger partial charge in [-0.05, 0) is 70.6 Å². The van der Waals surface area contributed by atoms with E-state index >= 15 is 0 Å². The van der Waals surface area contributed by atoms with Gasteiger partial charge in [0.2, 0.25) is 0 Å². The summed E-state index contributed by atoms with van der Waals surface area (Å²) in [5.74, 6) is -0.576. The molecular weight excluding hydrogens is 813 g/mol. The molecule has 0 amide bonds. The first kappa shape index (κ1) is 64.1. The van der Waals surface area contributed by atoms with Crippen molar-refractivity contribution in [3.8, 4) is 0 Å². The molecule has 5 nitrogen and oxygen atoms in total. The number of hydrogen-bond donors (Lipinski definition) is 1. The van der Waals surface area contributed by atoms with Crippen LogP contribution in [0.5, 0.6) is 0 Å². The average molecular weight is 928 g/mol. The van der Waals surface area contributed by atoms with Crippen LogP contribution in [-0.2, 0) is 19.1 Å². The normalized spacial score (nSPS) is 12.3. The Bertz CT molecular complexity index is 1050. The standard InChI is InChI=1S/C61H114O5/c1-3-5-7-9-11-13-15-17-19-21-23-24-25-26-27-28-29-30-31-32-33-34-35-36-38-40-42-44-46-48-50-52-54-56-61(64)66-59(57-62)58-65-60(63)55-53-51-49-47-45-43-41-39-37-22-20-18-16-14-12-10-8-6-4-2/h15,17-18,20-21,23,59,62H,3-14,16,19,22,24-58H2,1-2H3/b17-15-,20-18-,23-21-. The minimum absolute atomic E-state index is 0.0621. The molecule has 1 N–H and O–H groups in total. The van der Waals surface area contributed by atoms with Crippen molar-refractivity contribution in [3.05, 3.63) is 36.5 Å². The molecule has 0 aromatic carbocycles. The topological polar surface area (TPSA) is 72.8 Å². The monoisotopic (exact) mass is 927 g/mol. The Labute approximate surface area is 412 Å².